The summed E-state index contributed by atoms with van der Waals surface area (Å²) in [5.74, 6) is -1.13. The lowest BCUT2D eigenvalue weighted by Gasteiger charge is -2.03. The Kier molecular flexibility index (Phi) is 3.22. The number of hydrogen-bond acceptors (Lipinski definition) is 5. The Morgan fingerprint density at radius 3 is 2.53 bits per heavy atom. The average molecular weight is 232 g/mol. The van der Waals surface area contributed by atoms with Crippen molar-refractivity contribution in [3.05, 3.63) is 39.7 Å². The summed E-state index contributed by atoms with van der Waals surface area (Å²) in [6.45, 7) is 0. The van der Waals surface area contributed by atoms with Crippen LogP contribution in [-0.2, 0) is 11.1 Å². The summed E-state index contributed by atoms with van der Waals surface area (Å²) in [4.78, 5) is 20.1. The van der Waals surface area contributed by atoms with Crippen molar-refractivity contribution in [3.63, 3.8) is 0 Å². The monoisotopic (exact) mass is 232 g/mol. The first-order chi connectivity index (χ1) is 6.93. The zero-order valence-corrected chi connectivity index (χ0v) is 7.82. The first-order valence-electron chi connectivity index (χ1n) is 3.51. The molecule has 8 heteroatoms. The van der Waals surface area contributed by atoms with Gasteiger partial charge in [0.15, 0.2) is 0 Å². The van der Waals surface area contributed by atoms with Crippen molar-refractivity contribution in [3.8, 4) is 0 Å². The minimum atomic E-state index is -3.02. The fraction of sp³-hybridized carbons (Fsp3) is 0. The lowest BCUT2D eigenvalue weighted by Crippen LogP contribution is -2.07. The van der Waals surface area contributed by atoms with Crippen LogP contribution in [0.2, 0.25) is 0 Å². The lowest BCUT2D eigenvalue weighted by atomic mass is 10.2. The summed E-state index contributed by atoms with van der Waals surface area (Å²) in [7, 11) is 0. The van der Waals surface area contributed by atoms with E-state index in [2.05, 4.69) is 0 Å². The molecule has 0 amide bonds. The number of halogens is 1. The van der Waals surface area contributed by atoms with E-state index in [1.807, 2.05) is 0 Å². The van der Waals surface area contributed by atoms with Gasteiger partial charge >= 0.3 is 5.69 Å². The van der Waals surface area contributed by atoms with Crippen LogP contribution in [0.25, 0.3) is 0 Å². The van der Waals surface area contributed by atoms with Crippen LogP contribution < -0.4 is 0 Å². The van der Waals surface area contributed by atoms with E-state index in [1.165, 1.54) is 0 Å². The average Bonchev–Trinajstić information content (AvgIpc) is 2.16. The smallest absolute Gasteiger partial charge is 0.305 e. The molecule has 0 aliphatic rings. The van der Waals surface area contributed by atoms with Crippen molar-refractivity contribution in [2.24, 2.45) is 0 Å². The highest BCUT2D eigenvalue weighted by atomic mass is 32.2. The second-order valence-electron chi connectivity index (χ2n) is 2.45. The first-order valence-corrected chi connectivity index (χ1v) is 4.58. The van der Waals surface area contributed by atoms with Crippen LogP contribution in [0.3, 0.4) is 0 Å². The van der Waals surface area contributed by atoms with Crippen molar-refractivity contribution < 1.29 is 22.9 Å². The molecule has 0 aliphatic heterocycles. The molecule has 1 rings (SSSR count). The van der Waals surface area contributed by atoms with Crippen molar-refractivity contribution in [1.29, 1.82) is 0 Å². The predicted molar refractivity (Wildman–Crippen MR) is 46.3 cm³/mol. The molecule has 6 nitrogen and oxygen atoms in total. The Hall–Kier alpha value is -1.67. The number of carbonyl (C=O) groups is 1. The zero-order valence-electron chi connectivity index (χ0n) is 7.01. The number of nitro groups is 1. The van der Waals surface area contributed by atoms with Crippen molar-refractivity contribution in [1.82, 2.24) is 0 Å². The highest BCUT2D eigenvalue weighted by Gasteiger charge is 2.17. The molecule has 0 saturated heterocycles. The maximum absolute atomic E-state index is 12.8. The van der Waals surface area contributed by atoms with Gasteiger partial charge in [-0.05, 0) is 12.1 Å². The fourth-order valence-electron chi connectivity index (χ4n) is 0.876. The summed E-state index contributed by atoms with van der Waals surface area (Å²) in [6, 6.07) is 2.10. The third-order valence-electron chi connectivity index (χ3n) is 1.53. The Balaban J connectivity index is 3.25. The highest BCUT2D eigenvalue weighted by Crippen LogP contribution is 2.19. The number of rotatable bonds is 2. The Morgan fingerprint density at radius 1 is 1.47 bits per heavy atom. The molecule has 0 fully saturated rings. The van der Waals surface area contributed by atoms with Gasteiger partial charge in [-0.3, -0.25) is 19.1 Å². The SMILES string of the molecule is O=C(c1ccc(F)c([N+](=O)[O-])c1)S(=O)[O-]. The molecule has 15 heavy (non-hydrogen) atoms. The normalized spacial score (nSPS) is 12.1. The number of benzene rings is 1. The molecule has 0 aliphatic carbocycles. The van der Waals surface area contributed by atoms with Crippen molar-refractivity contribution >= 4 is 21.9 Å². The van der Waals surface area contributed by atoms with E-state index in [4.69, 9.17) is 0 Å². The summed E-state index contributed by atoms with van der Waals surface area (Å²) < 4.78 is 33.3. The molecule has 0 heterocycles. The van der Waals surface area contributed by atoms with E-state index in [9.17, 15) is 28.1 Å². The summed E-state index contributed by atoms with van der Waals surface area (Å²) in [5, 5.41) is 8.95. The van der Waals surface area contributed by atoms with Crippen LogP contribution >= 0.6 is 0 Å². The van der Waals surface area contributed by atoms with Gasteiger partial charge in [-0.2, -0.15) is 4.39 Å². The quantitative estimate of drug-likeness (QED) is 0.425. The number of hydrogen-bond donors (Lipinski definition) is 0. The maximum Gasteiger partial charge on any atom is 0.305 e. The van der Waals surface area contributed by atoms with Crippen LogP contribution in [0.5, 0.6) is 0 Å². The summed E-state index contributed by atoms with van der Waals surface area (Å²) >= 11 is -3.02. The van der Waals surface area contributed by atoms with Gasteiger partial charge in [0, 0.05) is 22.7 Å². The number of nitro benzene ring substituents is 1. The van der Waals surface area contributed by atoms with E-state index in [0.717, 1.165) is 6.07 Å². The third kappa shape index (κ3) is 2.42. The minimum Gasteiger partial charge on any atom is -0.766 e. The van der Waals surface area contributed by atoms with E-state index in [0.29, 0.717) is 12.1 Å². The highest BCUT2D eigenvalue weighted by molar-refractivity contribution is 7.95. The van der Waals surface area contributed by atoms with Gasteiger partial charge in [-0.15, -0.1) is 0 Å². The second-order valence-corrected chi connectivity index (χ2v) is 3.29. The molecule has 1 atom stereocenters. The first kappa shape index (κ1) is 11.4. The van der Waals surface area contributed by atoms with Crippen molar-refractivity contribution in [2.75, 3.05) is 0 Å². The lowest BCUT2D eigenvalue weighted by molar-refractivity contribution is -0.387. The predicted octanol–water partition coefficient (Wildman–Crippen LogP) is 0.753. The Labute approximate surface area is 85.2 Å². The molecule has 1 aromatic rings. The van der Waals surface area contributed by atoms with Crippen LogP contribution in [-0.4, -0.2) is 18.8 Å². The summed E-state index contributed by atoms with van der Waals surface area (Å²) in [6.07, 6.45) is 0. The van der Waals surface area contributed by atoms with E-state index < -0.39 is 38.2 Å². The molecule has 1 aromatic carbocycles. The van der Waals surface area contributed by atoms with Crippen LogP contribution in [0.1, 0.15) is 10.4 Å². The minimum absolute atomic E-state index is 0.448. The Bertz CT molecular complexity index is 461. The third-order valence-corrected chi connectivity index (χ3v) is 2.07. The van der Waals surface area contributed by atoms with Gasteiger partial charge in [0.25, 0.3) is 0 Å². The van der Waals surface area contributed by atoms with Gasteiger partial charge in [0.05, 0.1) is 4.92 Å². The van der Waals surface area contributed by atoms with Gasteiger partial charge in [-0.1, -0.05) is 0 Å². The topological polar surface area (TPSA) is 100 Å². The van der Waals surface area contributed by atoms with Gasteiger partial charge < -0.3 is 4.55 Å². The fourth-order valence-corrected chi connectivity index (χ4v) is 1.20. The van der Waals surface area contributed by atoms with Crippen molar-refractivity contribution in [2.45, 2.75) is 0 Å². The zero-order chi connectivity index (χ0) is 11.6. The van der Waals surface area contributed by atoms with Crippen LogP contribution in [0, 0.1) is 15.9 Å². The number of nitrogens with zero attached hydrogens (tertiary/aromatic N) is 1. The van der Waals surface area contributed by atoms with E-state index in [-0.39, 0.29) is 0 Å². The molecule has 1 unspecified atom stereocenters. The molecule has 0 spiro atoms. The Morgan fingerprint density at radius 2 is 2.07 bits per heavy atom. The van der Waals surface area contributed by atoms with Gasteiger partial charge in [0.2, 0.25) is 10.9 Å². The number of carbonyl (C=O) groups excluding carboxylic acids is 1. The molecule has 0 saturated carbocycles. The maximum atomic E-state index is 12.8. The largest absolute Gasteiger partial charge is 0.766 e. The standard InChI is InChI=1S/C7H4FNO5S/c8-5-2-1-4(7(10)15(13)14)3-6(5)9(11)12/h1-3H,(H,13,14)/p-1. The van der Waals surface area contributed by atoms with Crippen LogP contribution in [0.15, 0.2) is 18.2 Å². The molecule has 0 aromatic heterocycles. The van der Waals surface area contributed by atoms with Gasteiger partial charge in [-0.25, -0.2) is 0 Å². The van der Waals surface area contributed by atoms with Gasteiger partial charge in [0.1, 0.15) is 0 Å². The van der Waals surface area contributed by atoms with Crippen LogP contribution in [0.4, 0.5) is 10.1 Å². The molecule has 0 bridgehead atoms. The molecule has 0 N–H and O–H groups in total. The second kappa shape index (κ2) is 4.24. The van der Waals surface area contributed by atoms with E-state index in [1.54, 1.807) is 0 Å². The molecular formula is C7H3FNO5S-. The molecule has 0 radical (unpaired) electrons. The molecule has 80 valence electrons. The van der Waals surface area contributed by atoms with E-state index >= 15 is 0 Å². The summed E-state index contributed by atoms with van der Waals surface area (Å²) in [5.41, 5.74) is -1.39. The molecular weight excluding hydrogens is 229 g/mol.